The Bertz CT molecular complexity index is 1260. The molecule has 1 aliphatic rings. The van der Waals surface area contributed by atoms with Crippen molar-refractivity contribution >= 4 is 29.7 Å². The number of halogens is 1. The van der Waals surface area contributed by atoms with Crippen LogP contribution in [0, 0.1) is 12.7 Å². The normalized spacial score (nSPS) is 16.9. The molecule has 6 N–H and O–H groups in total. The molecule has 1 amide bonds. The van der Waals surface area contributed by atoms with E-state index in [0.29, 0.717) is 40.3 Å². The average Bonchev–Trinajstić information content (AvgIpc) is 2.89. The van der Waals surface area contributed by atoms with E-state index >= 15 is 0 Å². The fourth-order valence-electron chi connectivity index (χ4n) is 3.82. The van der Waals surface area contributed by atoms with E-state index < -0.39 is 11.7 Å². The molecule has 1 aromatic heterocycles. The van der Waals surface area contributed by atoms with Crippen molar-refractivity contribution in [1.29, 1.82) is 0 Å². The Morgan fingerprint density at radius 1 is 1.41 bits per heavy atom. The summed E-state index contributed by atoms with van der Waals surface area (Å²) in [4.78, 5) is 31.9. The number of aliphatic hydroxyl groups is 1. The Hall–Kier alpha value is -4.16. The van der Waals surface area contributed by atoms with Gasteiger partial charge in [0, 0.05) is 44.3 Å². The maximum Gasteiger partial charge on any atom is 0.270 e. The number of aryl methyl sites for hydroxylation is 1. The molecular weight excluding hydrogens is 479 g/mol. The molecule has 37 heavy (non-hydrogen) atoms. The van der Waals surface area contributed by atoms with E-state index in [1.54, 1.807) is 19.3 Å². The molecular formula is C25H31FN8O3. The number of nitrogens with zero attached hydrogens (tertiary/aromatic N) is 5. The molecule has 0 spiro atoms. The van der Waals surface area contributed by atoms with Gasteiger partial charge in [-0.15, -0.1) is 0 Å². The number of hydrogen-bond acceptors (Lipinski definition) is 9. The first-order chi connectivity index (χ1) is 17.8. The average molecular weight is 511 g/mol. The van der Waals surface area contributed by atoms with Gasteiger partial charge in [0.15, 0.2) is 5.82 Å². The van der Waals surface area contributed by atoms with Gasteiger partial charge < -0.3 is 31.5 Å². The predicted molar refractivity (Wildman–Crippen MR) is 140 cm³/mol. The zero-order valence-electron chi connectivity index (χ0n) is 21.0. The number of anilines is 1. The molecule has 11 nitrogen and oxygen atoms in total. The fraction of sp³-hybridized carbons (Fsp3) is 0.320. The molecule has 3 rings (SSSR count). The fourth-order valence-corrected chi connectivity index (χ4v) is 3.82. The number of ether oxygens (including phenoxy) is 1. The van der Waals surface area contributed by atoms with Gasteiger partial charge in [-0.2, -0.15) is 4.98 Å². The summed E-state index contributed by atoms with van der Waals surface area (Å²) in [5.74, 6) is 0.242. The Balaban J connectivity index is 1.88. The molecule has 0 aliphatic carbocycles. The second kappa shape index (κ2) is 12.7. The van der Waals surface area contributed by atoms with Crippen molar-refractivity contribution < 1.29 is 19.0 Å². The highest BCUT2D eigenvalue weighted by Gasteiger charge is 2.33. The third-order valence-corrected chi connectivity index (χ3v) is 5.79. The number of amidine groups is 1. The van der Waals surface area contributed by atoms with Crippen molar-refractivity contribution in [3.8, 4) is 0 Å². The van der Waals surface area contributed by atoms with Crippen LogP contribution in [0.1, 0.15) is 23.1 Å². The number of methoxy groups -OCH3 is 1. The molecule has 2 aromatic rings. The van der Waals surface area contributed by atoms with E-state index in [2.05, 4.69) is 25.3 Å². The molecule has 0 saturated carbocycles. The smallest absolute Gasteiger partial charge is 0.270 e. The highest BCUT2D eigenvalue weighted by molar-refractivity contribution is 6.03. The zero-order valence-corrected chi connectivity index (χ0v) is 21.0. The Kier molecular flexibility index (Phi) is 9.41. The van der Waals surface area contributed by atoms with Crippen LogP contribution in [-0.2, 0) is 22.7 Å². The third kappa shape index (κ3) is 6.74. The SMILES string of the molecule is CN=C(C=CN)Nc1ncc(C)c(N=CC2=C(N)C(=O)N(Cc3cc(F)ccc3CO)[C@@H](COC)C2)n1. The number of aromatic nitrogens is 2. The predicted octanol–water partition coefficient (Wildman–Crippen LogP) is 1.69. The molecule has 2 heterocycles. The van der Waals surface area contributed by atoms with E-state index in [4.69, 9.17) is 16.2 Å². The molecule has 0 saturated heterocycles. The largest absolute Gasteiger partial charge is 0.404 e. The number of nitrogens with one attached hydrogen (secondary N) is 1. The van der Waals surface area contributed by atoms with Crippen LogP contribution < -0.4 is 16.8 Å². The molecule has 1 atom stereocenters. The van der Waals surface area contributed by atoms with Gasteiger partial charge in [-0.25, -0.2) is 14.4 Å². The molecule has 0 unspecified atom stereocenters. The van der Waals surface area contributed by atoms with Crippen LogP contribution in [-0.4, -0.2) is 64.7 Å². The van der Waals surface area contributed by atoms with Crippen LogP contribution in [0.3, 0.4) is 0 Å². The Morgan fingerprint density at radius 2 is 2.19 bits per heavy atom. The van der Waals surface area contributed by atoms with Crippen LogP contribution in [0.2, 0.25) is 0 Å². The number of carbonyl (C=O) groups excluding carboxylic acids is 1. The lowest BCUT2D eigenvalue weighted by molar-refractivity contribution is -0.132. The number of carbonyl (C=O) groups is 1. The van der Waals surface area contributed by atoms with Crippen molar-refractivity contribution in [2.45, 2.75) is 32.5 Å². The van der Waals surface area contributed by atoms with Gasteiger partial charge in [-0.05, 0) is 48.9 Å². The van der Waals surface area contributed by atoms with Gasteiger partial charge in [0.2, 0.25) is 5.95 Å². The summed E-state index contributed by atoms with van der Waals surface area (Å²) < 4.78 is 19.2. The summed E-state index contributed by atoms with van der Waals surface area (Å²) in [5.41, 5.74) is 13.9. The minimum Gasteiger partial charge on any atom is -0.404 e. The molecule has 0 fully saturated rings. The monoisotopic (exact) mass is 510 g/mol. The molecule has 196 valence electrons. The maximum absolute atomic E-state index is 13.9. The van der Waals surface area contributed by atoms with E-state index in [0.717, 1.165) is 0 Å². The van der Waals surface area contributed by atoms with Gasteiger partial charge in [0.1, 0.15) is 17.3 Å². The van der Waals surface area contributed by atoms with Gasteiger partial charge in [-0.1, -0.05) is 6.07 Å². The zero-order chi connectivity index (χ0) is 26.9. The third-order valence-electron chi connectivity index (χ3n) is 5.79. The minimum atomic E-state index is -0.457. The van der Waals surface area contributed by atoms with Gasteiger partial charge in [-0.3, -0.25) is 9.79 Å². The van der Waals surface area contributed by atoms with Gasteiger partial charge >= 0.3 is 0 Å². The number of aliphatic hydroxyl groups excluding tert-OH is 1. The van der Waals surface area contributed by atoms with Crippen LogP contribution >= 0.6 is 0 Å². The van der Waals surface area contributed by atoms with Crippen molar-refractivity contribution in [3.63, 3.8) is 0 Å². The van der Waals surface area contributed by atoms with Crippen molar-refractivity contribution in [2.75, 3.05) is 26.1 Å². The summed E-state index contributed by atoms with van der Waals surface area (Å²) in [5, 5.41) is 12.6. The quantitative estimate of drug-likeness (QED) is 0.292. The topological polar surface area (TPSA) is 164 Å². The second-order valence-electron chi connectivity index (χ2n) is 8.31. The van der Waals surface area contributed by atoms with Crippen LogP contribution in [0.5, 0.6) is 0 Å². The first-order valence-electron chi connectivity index (χ1n) is 11.5. The van der Waals surface area contributed by atoms with Gasteiger partial charge in [0.25, 0.3) is 5.91 Å². The van der Waals surface area contributed by atoms with Crippen LogP contribution in [0.15, 0.2) is 57.9 Å². The highest BCUT2D eigenvalue weighted by Crippen LogP contribution is 2.26. The first kappa shape index (κ1) is 27.4. The maximum atomic E-state index is 13.9. The molecule has 1 aliphatic heterocycles. The lowest BCUT2D eigenvalue weighted by atomic mass is 9.96. The van der Waals surface area contributed by atoms with E-state index in [1.165, 1.54) is 42.6 Å². The molecule has 12 heteroatoms. The van der Waals surface area contributed by atoms with Crippen molar-refractivity contribution in [3.05, 3.63) is 70.4 Å². The number of aliphatic imine (C=N–C) groups is 2. The summed E-state index contributed by atoms with van der Waals surface area (Å²) in [6.07, 6.45) is 6.40. The number of amides is 1. The highest BCUT2D eigenvalue weighted by atomic mass is 19.1. The summed E-state index contributed by atoms with van der Waals surface area (Å²) in [7, 11) is 3.13. The lowest BCUT2D eigenvalue weighted by Gasteiger charge is -2.36. The van der Waals surface area contributed by atoms with Crippen LogP contribution in [0.4, 0.5) is 16.2 Å². The number of nitrogens with two attached hydrogens (primary N) is 2. The van der Waals surface area contributed by atoms with Crippen LogP contribution in [0.25, 0.3) is 0 Å². The molecule has 0 bridgehead atoms. The standard InChI is InChI=1S/C25H31FN8O3/c1-15-10-31-25(32-21(29-2)6-7-27)33-23(15)30-11-17-9-20(14-37-3)34(24(36)22(17)28)12-18-8-19(26)5-4-16(18)13-35/h4-8,10-11,20,35H,9,12-14,27-28H2,1-3H3,(H,29,31,32,33)/t20-/m1/s1. The number of rotatable bonds is 9. The van der Waals surface area contributed by atoms with Crippen molar-refractivity contribution in [1.82, 2.24) is 14.9 Å². The van der Waals surface area contributed by atoms with Crippen molar-refractivity contribution in [2.24, 2.45) is 21.5 Å². The number of benzene rings is 1. The van der Waals surface area contributed by atoms with Gasteiger partial charge in [0.05, 0.1) is 19.3 Å². The minimum absolute atomic E-state index is 0.0246. The van der Waals surface area contributed by atoms with E-state index in [9.17, 15) is 14.3 Å². The van der Waals surface area contributed by atoms with E-state index in [-0.39, 0.29) is 37.4 Å². The lowest BCUT2D eigenvalue weighted by Crippen LogP contribution is -2.48. The Morgan fingerprint density at radius 3 is 2.86 bits per heavy atom. The van der Waals surface area contributed by atoms with E-state index in [1.807, 2.05) is 6.92 Å². The summed E-state index contributed by atoms with van der Waals surface area (Å²) in [6.45, 7) is 1.83. The Labute approximate surface area is 214 Å². The molecule has 1 aromatic carbocycles. The summed E-state index contributed by atoms with van der Waals surface area (Å²) >= 11 is 0. The first-order valence-corrected chi connectivity index (χ1v) is 11.5. The second-order valence-corrected chi connectivity index (χ2v) is 8.31. The molecule has 0 radical (unpaired) electrons. The number of hydrogen-bond donors (Lipinski definition) is 4. The summed E-state index contributed by atoms with van der Waals surface area (Å²) in [6, 6.07) is 3.69.